The highest BCUT2D eigenvalue weighted by atomic mass is 16.3. The first-order valence-corrected chi connectivity index (χ1v) is 5.69. The van der Waals surface area contributed by atoms with Crippen molar-refractivity contribution in [2.75, 3.05) is 6.61 Å². The number of aliphatic hydroxyl groups is 1. The molecule has 0 radical (unpaired) electrons. The molecule has 0 aliphatic heterocycles. The highest BCUT2D eigenvalue weighted by molar-refractivity contribution is 5.79. The average molecular weight is 211 g/mol. The maximum absolute atomic E-state index is 11.9. The smallest absolute Gasteiger partial charge is 0.223 e. The molecule has 3 heteroatoms. The molecule has 1 aliphatic rings. The number of aliphatic hydroxyl groups excluding tert-OH is 1. The highest BCUT2D eigenvalue weighted by Crippen LogP contribution is 2.19. The van der Waals surface area contributed by atoms with Crippen molar-refractivity contribution in [3.63, 3.8) is 0 Å². The second kappa shape index (κ2) is 5.31. The molecule has 86 valence electrons. The molecule has 0 fully saturated rings. The molecule has 0 heterocycles. The highest BCUT2D eigenvalue weighted by Gasteiger charge is 2.27. The second-order valence-electron chi connectivity index (χ2n) is 4.54. The van der Waals surface area contributed by atoms with E-state index in [0.717, 1.165) is 25.7 Å². The number of hydrogen-bond acceptors (Lipinski definition) is 2. The van der Waals surface area contributed by atoms with E-state index in [2.05, 4.69) is 17.5 Å². The van der Waals surface area contributed by atoms with Crippen molar-refractivity contribution in [1.82, 2.24) is 5.32 Å². The van der Waals surface area contributed by atoms with E-state index < -0.39 is 5.54 Å². The number of hydrogen-bond donors (Lipinski definition) is 2. The van der Waals surface area contributed by atoms with E-state index in [-0.39, 0.29) is 18.4 Å². The monoisotopic (exact) mass is 211 g/mol. The van der Waals surface area contributed by atoms with Crippen molar-refractivity contribution in [3.8, 4) is 0 Å². The van der Waals surface area contributed by atoms with Crippen LogP contribution in [-0.2, 0) is 4.79 Å². The third-order valence-corrected chi connectivity index (χ3v) is 3.19. The van der Waals surface area contributed by atoms with Crippen molar-refractivity contribution < 1.29 is 9.90 Å². The SMILES string of the molecule is CCC(C)(CO)NC(=O)C1CC=CCC1. The summed E-state index contributed by atoms with van der Waals surface area (Å²) in [6.45, 7) is 3.85. The third kappa shape index (κ3) is 3.34. The molecule has 2 unspecified atom stereocenters. The van der Waals surface area contributed by atoms with E-state index in [4.69, 9.17) is 0 Å². The first-order chi connectivity index (χ1) is 7.11. The zero-order chi connectivity index (χ0) is 11.3. The normalized spacial score (nSPS) is 24.6. The summed E-state index contributed by atoms with van der Waals surface area (Å²) in [7, 11) is 0. The van der Waals surface area contributed by atoms with Gasteiger partial charge in [0, 0.05) is 5.92 Å². The van der Waals surface area contributed by atoms with E-state index in [1.54, 1.807) is 0 Å². The van der Waals surface area contributed by atoms with Crippen molar-refractivity contribution in [3.05, 3.63) is 12.2 Å². The summed E-state index contributed by atoms with van der Waals surface area (Å²) in [6.07, 6.45) is 7.67. The minimum absolute atomic E-state index is 0.00218. The summed E-state index contributed by atoms with van der Waals surface area (Å²) < 4.78 is 0. The maximum atomic E-state index is 11.9. The molecule has 0 saturated heterocycles. The molecule has 0 aromatic rings. The third-order valence-electron chi connectivity index (χ3n) is 3.19. The summed E-state index contributed by atoms with van der Waals surface area (Å²) in [5.74, 6) is 0.171. The molecule has 2 atom stereocenters. The topological polar surface area (TPSA) is 49.3 Å². The van der Waals surface area contributed by atoms with Crippen LogP contribution < -0.4 is 5.32 Å². The Morgan fingerprint density at radius 2 is 2.33 bits per heavy atom. The number of rotatable bonds is 4. The van der Waals surface area contributed by atoms with E-state index in [0.29, 0.717) is 0 Å². The molecule has 0 saturated carbocycles. The van der Waals surface area contributed by atoms with E-state index in [1.807, 2.05) is 13.8 Å². The van der Waals surface area contributed by atoms with Crippen molar-refractivity contribution in [2.24, 2.45) is 5.92 Å². The van der Waals surface area contributed by atoms with Crippen LogP contribution in [0.3, 0.4) is 0 Å². The van der Waals surface area contributed by atoms with Crippen LogP contribution in [0.1, 0.15) is 39.5 Å². The predicted molar refractivity (Wildman–Crippen MR) is 60.4 cm³/mol. The van der Waals surface area contributed by atoms with Crippen molar-refractivity contribution >= 4 is 5.91 Å². The molecule has 0 aromatic carbocycles. The molecule has 3 nitrogen and oxygen atoms in total. The minimum atomic E-state index is -0.460. The van der Waals surface area contributed by atoms with Gasteiger partial charge in [0.1, 0.15) is 0 Å². The zero-order valence-electron chi connectivity index (χ0n) is 9.62. The molecule has 15 heavy (non-hydrogen) atoms. The fraction of sp³-hybridized carbons (Fsp3) is 0.750. The van der Waals surface area contributed by atoms with E-state index in [1.165, 1.54) is 0 Å². The molecular formula is C12H21NO2. The molecule has 0 spiro atoms. The van der Waals surface area contributed by atoms with Gasteiger partial charge in [-0.05, 0) is 32.6 Å². The molecular weight excluding hydrogens is 190 g/mol. The fourth-order valence-corrected chi connectivity index (χ4v) is 1.67. The Morgan fingerprint density at radius 3 is 2.80 bits per heavy atom. The van der Waals surface area contributed by atoms with Gasteiger partial charge in [0.25, 0.3) is 0 Å². The van der Waals surface area contributed by atoms with Crippen LogP contribution in [0.5, 0.6) is 0 Å². The number of nitrogens with one attached hydrogen (secondary N) is 1. The number of carbonyl (C=O) groups excluding carboxylic acids is 1. The molecule has 1 aliphatic carbocycles. The van der Waals surface area contributed by atoms with Gasteiger partial charge >= 0.3 is 0 Å². The van der Waals surface area contributed by atoms with E-state index in [9.17, 15) is 9.90 Å². The lowest BCUT2D eigenvalue weighted by molar-refractivity contribution is -0.127. The van der Waals surface area contributed by atoms with E-state index >= 15 is 0 Å². The van der Waals surface area contributed by atoms with Gasteiger partial charge in [0.15, 0.2) is 0 Å². The Balaban J connectivity index is 2.50. The predicted octanol–water partition coefficient (Wildman–Crippen LogP) is 1.62. The second-order valence-corrected chi connectivity index (χ2v) is 4.54. The van der Waals surface area contributed by atoms with Crippen LogP contribution in [0.4, 0.5) is 0 Å². The summed E-state index contributed by atoms with van der Waals surface area (Å²) in [6, 6.07) is 0. The van der Waals surface area contributed by atoms with Gasteiger partial charge < -0.3 is 10.4 Å². The Bertz CT molecular complexity index is 244. The van der Waals surface area contributed by atoms with Gasteiger partial charge in [0.2, 0.25) is 5.91 Å². The lowest BCUT2D eigenvalue weighted by Gasteiger charge is -2.30. The zero-order valence-corrected chi connectivity index (χ0v) is 9.62. The lowest BCUT2D eigenvalue weighted by Crippen LogP contribution is -2.50. The average Bonchev–Trinajstić information content (AvgIpc) is 2.30. The fourth-order valence-electron chi connectivity index (χ4n) is 1.67. The maximum Gasteiger partial charge on any atom is 0.223 e. The van der Waals surface area contributed by atoms with Gasteiger partial charge in [-0.25, -0.2) is 0 Å². The van der Waals surface area contributed by atoms with Crippen LogP contribution in [0.2, 0.25) is 0 Å². The molecule has 2 N–H and O–H groups in total. The van der Waals surface area contributed by atoms with Crippen LogP contribution in [0.25, 0.3) is 0 Å². The van der Waals surface area contributed by atoms with Crippen LogP contribution in [0, 0.1) is 5.92 Å². The summed E-state index contributed by atoms with van der Waals surface area (Å²) in [4.78, 5) is 11.9. The Labute approximate surface area is 91.6 Å². The Hall–Kier alpha value is -0.830. The first kappa shape index (κ1) is 12.2. The summed E-state index contributed by atoms with van der Waals surface area (Å²) in [5, 5.41) is 12.1. The largest absolute Gasteiger partial charge is 0.394 e. The number of allylic oxidation sites excluding steroid dienone is 2. The van der Waals surface area contributed by atoms with Crippen molar-refractivity contribution in [2.45, 2.75) is 45.1 Å². The number of carbonyl (C=O) groups is 1. The first-order valence-electron chi connectivity index (χ1n) is 5.69. The van der Waals surface area contributed by atoms with Gasteiger partial charge in [-0.1, -0.05) is 19.1 Å². The quantitative estimate of drug-likeness (QED) is 0.694. The van der Waals surface area contributed by atoms with Crippen molar-refractivity contribution in [1.29, 1.82) is 0 Å². The molecule has 0 bridgehead atoms. The van der Waals surface area contributed by atoms with Gasteiger partial charge in [0.05, 0.1) is 12.1 Å². The molecule has 0 aromatic heterocycles. The summed E-state index contributed by atoms with van der Waals surface area (Å²) >= 11 is 0. The molecule has 1 amide bonds. The van der Waals surface area contributed by atoms with Gasteiger partial charge in [-0.3, -0.25) is 4.79 Å². The summed E-state index contributed by atoms with van der Waals surface area (Å²) in [5.41, 5.74) is -0.460. The van der Waals surface area contributed by atoms with Crippen LogP contribution >= 0.6 is 0 Å². The van der Waals surface area contributed by atoms with Crippen LogP contribution in [0.15, 0.2) is 12.2 Å². The Morgan fingerprint density at radius 1 is 1.60 bits per heavy atom. The van der Waals surface area contributed by atoms with Crippen LogP contribution in [-0.4, -0.2) is 23.2 Å². The van der Waals surface area contributed by atoms with Gasteiger partial charge in [-0.15, -0.1) is 0 Å². The minimum Gasteiger partial charge on any atom is -0.394 e. The number of amides is 1. The Kier molecular flexibility index (Phi) is 4.33. The lowest BCUT2D eigenvalue weighted by atomic mass is 9.91. The van der Waals surface area contributed by atoms with Gasteiger partial charge in [-0.2, -0.15) is 0 Å². The molecule has 1 rings (SSSR count). The standard InChI is InChI=1S/C12H21NO2/c1-3-12(2,9-14)13-11(15)10-7-5-4-6-8-10/h4-5,10,14H,3,6-9H2,1-2H3,(H,13,15).